The van der Waals surface area contributed by atoms with Gasteiger partial charge in [-0.15, -0.1) is 35.3 Å². The molecule has 0 amide bonds. The summed E-state index contributed by atoms with van der Waals surface area (Å²) in [7, 11) is -1.97. The van der Waals surface area contributed by atoms with Crippen LogP contribution < -0.4 is 15.8 Å². The van der Waals surface area contributed by atoms with Crippen molar-refractivity contribution in [3.8, 4) is 0 Å². The molecule has 0 unspecified atom stereocenters. The number of halogens is 1. The Morgan fingerprint density at radius 3 is 2.48 bits per heavy atom. The van der Waals surface area contributed by atoms with Gasteiger partial charge < -0.3 is 10.6 Å². The van der Waals surface area contributed by atoms with Crippen LogP contribution in [-0.2, 0) is 29.7 Å². The second-order valence-corrected chi connectivity index (χ2v) is 8.97. The number of nitrogens with two attached hydrogens (primary N) is 1. The maximum absolute atomic E-state index is 11.4. The fourth-order valence-corrected chi connectivity index (χ4v) is 4.35. The summed E-state index contributed by atoms with van der Waals surface area (Å²) in [6.45, 7) is 1.75. The van der Waals surface area contributed by atoms with Crippen LogP contribution in [0.4, 0.5) is 0 Å². The van der Waals surface area contributed by atoms with E-state index in [9.17, 15) is 8.42 Å². The lowest BCUT2D eigenvalue weighted by Gasteiger charge is -2.14. The Hall–Kier alpha value is -1.96. The molecular formula is C18H23IN6O2S2. The lowest BCUT2D eigenvalue weighted by Crippen LogP contribution is -2.36. The third kappa shape index (κ3) is 6.80. The monoisotopic (exact) mass is 546 g/mol. The fourth-order valence-electron chi connectivity index (χ4n) is 2.63. The van der Waals surface area contributed by atoms with Gasteiger partial charge in [0.2, 0.25) is 10.0 Å². The first kappa shape index (κ1) is 23.3. The number of primary sulfonamides is 1. The molecule has 0 saturated carbocycles. The highest BCUT2D eigenvalue weighted by Gasteiger charge is 2.11. The van der Waals surface area contributed by atoms with Crippen molar-refractivity contribution in [3.63, 3.8) is 0 Å². The highest BCUT2D eigenvalue weighted by Crippen LogP contribution is 2.19. The van der Waals surface area contributed by atoms with Crippen molar-refractivity contribution >= 4 is 51.3 Å². The Kier molecular flexibility index (Phi) is 8.61. The second-order valence-electron chi connectivity index (χ2n) is 6.02. The molecule has 0 aliphatic heterocycles. The van der Waals surface area contributed by atoms with Gasteiger partial charge >= 0.3 is 0 Å². The average Bonchev–Trinajstić information content (AvgIpc) is 3.34. The summed E-state index contributed by atoms with van der Waals surface area (Å²) in [5.74, 6) is 0.624. The van der Waals surface area contributed by atoms with E-state index in [1.54, 1.807) is 19.3 Å². The maximum Gasteiger partial charge on any atom is 0.247 e. The van der Waals surface area contributed by atoms with E-state index in [0.717, 1.165) is 21.8 Å². The number of benzene rings is 1. The number of hydrogen-bond donors (Lipinski definition) is 3. The molecule has 3 aromatic rings. The van der Waals surface area contributed by atoms with Crippen LogP contribution in [0, 0.1) is 0 Å². The standard InChI is InChI=1S/C18H22N6O2S2.HI/c1-20-18(22-12-16-7-8-17(27-16)28(19,25)26)21-11-14-5-2-3-6-15(14)13-24-10-4-9-23-24;/h2-10H,11-13H2,1H3,(H2,19,25,26)(H2,20,21,22);1H. The van der Waals surface area contributed by atoms with Gasteiger partial charge in [-0.05, 0) is 29.3 Å². The summed E-state index contributed by atoms with van der Waals surface area (Å²) < 4.78 is 24.8. The third-order valence-electron chi connectivity index (χ3n) is 4.03. The van der Waals surface area contributed by atoms with E-state index >= 15 is 0 Å². The van der Waals surface area contributed by atoms with Crippen molar-refractivity contribution in [2.75, 3.05) is 7.05 Å². The van der Waals surface area contributed by atoms with E-state index in [1.807, 2.05) is 29.1 Å². The molecule has 0 atom stereocenters. The first-order chi connectivity index (χ1) is 13.5. The van der Waals surface area contributed by atoms with Gasteiger partial charge in [-0.1, -0.05) is 24.3 Å². The second kappa shape index (κ2) is 10.7. The van der Waals surface area contributed by atoms with Gasteiger partial charge in [0.15, 0.2) is 5.96 Å². The van der Waals surface area contributed by atoms with Gasteiger partial charge in [-0.2, -0.15) is 5.10 Å². The van der Waals surface area contributed by atoms with E-state index in [-0.39, 0.29) is 28.2 Å². The zero-order valence-corrected chi connectivity index (χ0v) is 19.7. The van der Waals surface area contributed by atoms with Gasteiger partial charge in [0.1, 0.15) is 4.21 Å². The Bertz CT molecular complexity index is 1050. The minimum Gasteiger partial charge on any atom is -0.352 e. The van der Waals surface area contributed by atoms with Gasteiger partial charge in [0.25, 0.3) is 0 Å². The van der Waals surface area contributed by atoms with Crippen molar-refractivity contribution in [1.29, 1.82) is 0 Å². The van der Waals surface area contributed by atoms with Gasteiger partial charge in [0, 0.05) is 30.9 Å². The Morgan fingerprint density at radius 1 is 1.14 bits per heavy atom. The SMILES string of the molecule is CN=C(NCc1ccc(S(N)(=O)=O)s1)NCc1ccccc1Cn1cccn1.I. The van der Waals surface area contributed by atoms with E-state index < -0.39 is 10.0 Å². The van der Waals surface area contributed by atoms with Crippen LogP contribution in [0.15, 0.2) is 64.1 Å². The van der Waals surface area contributed by atoms with Crippen LogP contribution in [0.3, 0.4) is 0 Å². The average molecular weight is 546 g/mol. The Labute approximate surface area is 191 Å². The molecule has 0 radical (unpaired) electrons. The molecule has 2 heterocycles. The number of aliphatic imine (C=N–C) groups is 1. The number of aromatic nitrogens is 2. The van der Waals surface area contributed by atoms with Crippen LogP contribution in [0.25, 0.3) is 0 Å². The first-order valence-electron chi connectivity index (χ1n) is 8.56. The van der Waals surface area contributed by atoms with Crippen LogP contribution in [0.5, 0.6) is 0 Å². The highest BCUT2D eigenvalue weighted by molar-refractivity contribution is 14.0. The quantitative estimate of drug-likeness (QED) is 0.239. The number of thiophene rings is 1. The summed E-state index contributed by atoms with van der Waals surface area (Å²) in [6, 6.07) is 13.3. The van der Waals surface area contributed by atoms with Gasteiger partial charge in [-0.3, -0.25) is 9.67 Å². The van der Waals surface area contributed by atoms with E-state index in [1.165, 1.54) is 11.6 Å². The van der Waals surface area contributed by atoms with Crippen molar-refractivity contribution < 1.29 is 8.42 Å². The van der Waals surface area contributed by atoms with Gasteiger partial charge in [0.05, 0.1) is 13.1 Å². The third-order valence-corrected chi connectivity index (χ3v) is 6.55. The number of rotatable bonds is 7. The zero-order chi connectivity index (χ0) is 20.0. The van der Waals surface area contributed by atoms with Crippen LogP contribution >= 0.6 is 35.3 Å². The minimum atomic E-state index is -3.66. The number of guanidine groups is 1. The molecule has 0 fully saturated rings. The zero-order valence-electron chi connectivity index (χ0n) is 15.8. The molecule has 3 rings (SSSR count). The molecule has 0 spiro atoms. The normalized spacial score (nSPS) is 11.7. The van der Waals surface area contributed by atoms with Crippen LogP contribution in [0.2, 0.25) is 0 Å². The van der Waals surface area contributed by atoms with E-state index in [4.69, 9.17) is 5.14 Å². The lowest BCUT2D eigenvalue weighted by molar-refractivity contribution is 0.600. The molecule has 0 aliphatic carbocycles. The molecule has 1 aromatic carbocycles. The highest BCUT2D eigenvalue weighted by atomic mass is 127. The topological polar surface area (TPSA) is 114 Å². The Morgan fingerprint density at radius 2 is 1.86 bits per heavy atom. The summed E-state index contributed by atoms with van der Waals surface area (Å²) in [5, 5.41) is 15.9. The number of nitrogens with zero attached hydrogens (tertiary/aromatic N) is 3. The first-order valence-corrected chi connectivity index (χ1v) is 10.9. The largest absolute Gasteiger partial charge is 0.352 e. The van der Waals surface area contributed by atoms with Crippen molar-refractivity contribution in [3.05, 3.63) is 70.9 Å². The number of hydrogen-bond acceptors (Lipinski definition) is 5. The summed E-state index contributed by atoms with van der Waals surface area (Å²) in [6.07, 6.45) is 3.69. The summed E-state index contributed by atoms with van der Waals surface area (Å²) in [4.78, 5) is 5.07. The molecule has 4 N–H and O–H groups in total. The molecule has 11 heteroatoms. The Balaban J connectivity index is 0.00000300. The summed E-state index contributed by atoms with van der Waals surface area (Å²) >= 11 is 1.14. The molecule has 2 aromatic heterocycles. The summed E-state index contributed by atoms with van der Waals surface area (Å²) in [5.41, 5.74) is 2.32. The minimum absolute atomic E-state index is 0. The maximum atomic E-state index is 11.4. The fraction of sp³-hybridized carbons (Fsp3) is 0.222. The number of sulfonamides is 1. The van der Waals surface area contributed by atoms with Crippen molar-refractivity contribution in [2.45, 2.75) is 23.8 Å². The lowest BCUT2D eigenvalue weighted by atomic mass is 10.1. The van der Waals surface area contributed by atoms with Crippen molar-refractivity contribution in [2.24, 2.45) is 10.1 Å². The molecule has 0 aliphatic rings. The predicted octanol–water partition coefficient (Wildman–Crippen LogP) is 2.12. The van der Waals surface area contributed by atoms with Crippen molar-refractivity contribution in [1.82, 2.24) is 20.4 Å². The van der Waals surface area contributed by atoms with Crippen LogP contribution in [0.1, 0.15) is 16.0 Å². The predicted molar refractivity (Wildman–Crippen MR) is 126 cm³/mol. The smallest absolute Gasteiger partial charge is 0.247 e. The number of nitrogens with one attached hydrogen (secondary N) is 2. The molecule has 0 bridgehead atoms. The van der Waals surface area contributed by atoms with E-state index in [0.29, 0.717) is 25.6 Å². The molecule has 29 heavy (non-hydrogen) atoms. The molecule has 0 saturated heterocycles. The molecular weight excluding hydrogens is 523 g/mol. The van der Waals surface area contributed by atoms with E-state index in [2.05, 4.69) is 32.9 Å². The van der Waals surface area contributed by atoms with Crippen LogP contribution in [-0.4, -0.2) is 31.2 Å². The molecule has 156 valence electrons. The van der Waals surface area contributed by atoms with Gasteiger partial charge in [-0.25, -0.2) is 13.6 Å². The molecule has 8 nitrogen and oxygen atoms in total.